The number of hydrogen-bond donors (Lipinski definition) is 3. The fourth-order valence-corrected chi connectivity index (χ4v) is 2.67. The first-order valence-electron chi connectivity index (χ1n) is 7.98. The predicted molar refractivity (Wildman–Crippen MR) is 90.1 cm³/mol. The number of carbonyl (C=O) groups is 1. The van der Waals surface area contributed by atoms with Crippen LogP contribution in [0.15, 0.2) is 24.3 Å². The monoisotopic (exact) mass is 313 g/mol. The topological polar surface area (TPSA) is 82.7 Å². The molecule has 2 aromatic rings. The SMILES string of the molecule is CC(C)(C)c1ccc(-c2nc(NC(=O)C3CCNC3)n[nH]2)cc1. The van der Waals surface area contributed by atoms with Crippen molar-refractivity contribution in [1.29, 1.82) is 0 Å². The summed E-state index contributed by atoms with van der Waals surface area (Å²) in [5.74, 6) is 0.966. The minimum Gasteiger partial charge on any atom is -0.316 e. The lowest BCUT2D eigenvalue weighted by Crippen LogP contribution is -2.25. The van der Waals surface area contributed by atoms with Crippen LogP contribution in [0, 0.1) is 5.92 Å². The highest BCUT2D eigenvalue weighted by atomic mass is 16.2. The molecule has 122 valence electrons. The number of rotatable bonds is 3. The van der Waals surface area contributed by atoms with E-state index >= 15 is 0 Å². The number of aromatic nitrogens is 3. The van der Waals surface area contributed by atoms with Crippen LogP contribution in [-0.4, -0.2) is 34.2 Å². The summed E-state index contributed by atoms with van der Waals surface area (Å²) in [4.78, 5) is 16.4. The van der Waals surface area contributed by atoms with Gasteiger partial charge in [-0.15, -0.1) is 5.10 Å². The lowest BCUT2D eigenvalue weighted by Gasteiger charge is -2.18. The zero-order valence-corrected chi connectivity index (χ0v) is 13.8. The van der Waals surface area contributed by atoms with Gasteiger partial charge in [-0.1, -0.05) is 45.0 Å². The van der Waals surface area contributed by atoms with Gasteiger partial charge in [0.15, 0.2) is 5.82 Å². The third kappa shape index (κ3) is 3.59. The zero-order chi connectivity index (χ0) is 16.4. The molecule has 0 spiro atoms. The summed E-state index contributed by atoms with van der Waals surface area (Å²) in [5.41, 5.74) is 2.34. The molecule has 0 saturated carbocycles. The number of carbonyl (C=O) groups excluding carboxylic acids is 1. The van der Waals surface area contributed by atoms with Crippen molar-refractivity contribution in [2.24, 2.45) is 5.92 Å². The smallest absolute Gasteiger partial charge is 0.249 e. The van der Waals surface area contributed by atoms with Crippen LogP contribution in [0.4, 0.5) is 5.95 Å². The molecule has 6 nitrogen and oxygen atoms in total. The van der Waals surface area contributed by atoms with Crippen LogP contribution in [0.2, 0.25) is 0 Å². The maximum Gasteiger partial charge on any atom is 0.249 e. The minimum atomic E-state index is -0.0244. The van der Waals surface area contributed by atoms with E-state index in [4.69, 9.17) is 0 Å². The number of anilines is 1. The number of nitrogens with one attached hydrogen (secondary N) is 3. The molecule has 0 bridgehead atoms. The molecular weight excluding hydrogens is 290 g/mol. The lowest BCUT2D eigenvalue weighted by molar-refractivity contribution is -0.119. The Morgan fingerprint density at radius 2 is 2.00 bits per heavy atom. The van der Waals surface area contributed by atoms with Crippen molar-refractivity contribution in [2.75, 3.05) is 18.4 Å². The molecule has 1 aliphatic rings. The Bertz CT molecular complexity index is 678. The Kier molecular flexibility index (Phi) is 4.17. The zero-order valence-electron chi connectivity index (χ0n) is 13.8. The molecule has 1 aromatic heterocycles. The quantitative estimate of drug-likeness (QED) is 0.812. The second-order valence-electron chi connectivity index (χ2n) is 7.01. The van der Waals surface area contributed by atoms with Gasteiger partial charge in [0, 0.05) is 12.1 Å². The van der Waals surface area contributed by atoms with Gasteiger partial charge in [0.25, 0.3) is 0 Å². The molecule has 6 heteroatoms. The minimum absolute atomic E-state index is 0.00280. The van der Waals surface area contributed by atoms with E-state index in [0.717, 1.165) is 25.1 Å². The van der Waals surface area contributed by atoms with E-state index in [2.05, 4.69) is 58.7 Å². The highest BCUT2D eigenvalue weighted by Crippen LogP contribution is 2.25. The summed E-state index contributed by atoms with van der Waals surface area (Å²) in [6.07, 6.45) is 0.859. The average molecular weight is 313 g/mol. The molecule has 1 saturated heterocycles. The Morgan fingerprint density at radius 1 is 1.26 bits per heavy atom. The van der Waals surface area contributed by atoms with Crippen molar-refractivity contribution in [2.45, 2.75) is 32.6 Å². The summed E-state index contributed by atoms with van der Waals surface area (Å²) in [6, 6.07) is 8.24. The summed E-state index contributed by atoms with van der Waals surface area (Å²) in [7, 11) is 0. The van der Waals surface area contributed by atoms with E-state index in [9.17, 15) is 4.79 Å². The Morgan fingerprint density at radius 3 is 2.61 bits per heavy atom. The van der Waals surface area contributed by atoms with Crippen molar-refractivity contribution in [3.63, 3.8) is 0 Å². The highest BCUT2D eigenvalue weighted by molar-refractivity contribution is 5.91. The number of H-pyrrole nitrogens is 1. The third-order valence-corrected chi connectivity index (χ3v) is 4.18. The normalized spacial score (nSPS) is 18.1. The second-order valence-corrected chi connectivity index (χ2v) is 7.01. The van der Waals surface area contributed by atoms with Gasteiger partial charge in [-0.25, -0.2) is 0 Å². The van der Waals surface area contributed by atoms with Gasteiger partial charge in [-0.2, -0.15) is 4.98 Å². The molecule has 1 fully saturated rings. The van der Waals surface area contributed by atoms with Crippen molar-refractivity contribution in [1.82, 2.24) is 20.5 Å². The van der Waals surface area contributed by atoms with Gasteiger partial charge in [0.1, 0.15) is 0 Å². The Labute approximate surface area is 136 Å². The van der Waals surface area contributed by atoms with Crippen molar-refractivity contribution in [3.05, 3.63) is 29.8 Å². The molecule has 1 amide bonds. The van der Waals surface area contributed by atoms with Crippen LogP contribution >= 0.6 is 0 Å². The number of amides is 1. The predicted octanol–water partition coefficient (Wildman–Crippen LogP) is 2.32. The molecule has 1 aliphatic heterocycles. The maximum absolute atomic E-state index is 12.1. The summed E-state index contributed by atoms with van der Waals surface area (Å²) < 4.78 is 0. The van der Waals surface area contributed by atoms with Gasteiger partial charge < -0.3 is 5.32 Å². The van der Waals surface area contributed by atoms with E-state index in [1.807, 2.05) is 12.1 Å². The number of nitrogens with zero attached hydrogens (tertiary/aromatic N) is 2. The summed E-state index contributed by atoms with van der Waals surface area (Å²) in [6.45, 7) is 8.15. The molecule has 1 unspecified atom stereocenters. The van der Waals surface area contributed by atoms with Crippen LogP contribution in [0.5, 0.6) is 0 Å². The first-order chi connectivity index (χ1) is 10.9. The first-order valence-corrected chi connectivity index (χ1v) is 7.98. The average Bonchev–Trinajstić information content (AvgIpc) is 3.18. The van der Waals surface area contributed by atoms with Crippen molar-refractivity contribution in [3.8, 4) is 11.4 Å². The number of benzene rings is 1. The van der Waals surface area contributed by atoms with E-state index in [-0.39, 0.29) is 17.2 Å². The molecule has 0 radical (unpaired) electrons. The van der Waals surface area contributed by atoms with Gasteiger partial charge in [-0.3, -0.25) is 15.2 Å². The van der Waals surface area contributed by atoms with Crippen LogP contribution in [0.3, 0.4) is 0 Å². The summed E-state index contributed by atoms with van der Waals surface area (Å²) in [5, 5.41) is 12.9. The third-order valence-electron chi connectivity index (χ3n) is 4.18. The molecule has 23 heavy (non-hydrogen) atoms. The fraction of sp³-hybridized carbons (Fsp3) is 0.471. The van der Waals surface area contributed by atoms with E-state index in [1.165, 1.54) is 5.56 Å². The fourth-order valence-electron chi connectivity index (χ4n) is 2.67. The standard InChI is InChI=1S/C17H23N5O/c1-17(2,3)13-6-4-11(5-7-13)14-19-16(22-21-14)20-15(23)12-8-9-18-10-12/h4-7,12,18H,8-10H2,1-3H3,(H2,19,20,21,22,23). The molecule has 2 heterocycles. The summed E-state index contributed by atoms with van der Waals surface area (Å²) >= 11 is 0. The Balaban J connectivity index is 1.70. The van der Waals surface area contributed by atoms with Crippen LogP contribution < -0.4 is 10.6 Å². The van der Waals surface area contributed by atoms with E-state index in [0.29, 0.717) is 11.8 Å². The molecular formula is C17H23N5O. The van der Waals surface area contributed by atoms with E-state index in [1.54, 1.807) is 0 Å². The molecule has 1 atom stereocenters. The van der Waals surface area contributed by atoms with Gasteiger partial charge in [0.2, 0.25) is 11.9 Å². The van der Waals surface area contributed by atoms with Gasteiger partial charge >= 0.3 is 0 Å². The second kappa shape index (κ2) is 6.12. The van der Waals surface area contributed by atoms with Crippen molar-refractivity contribution >= 4 is 11.9 Å². The highest BCUT2D eigenvalue weighted by Gasteiger charge is 2.23. The Hall–Kier alpha value is -2.21. The number of hydrogen-bond acceptors (Lipinski definition) is 4. The molecule has 1 aromatic carbocycles. The van der Waals surface area contributed by atoms with Crippen LogP contribution in [0.1, 0.15) is 32.8 Å². The number of aromatic amines is 1. The maximum atomic E-state index is 12.1. The van der Waals surface area contributed by atoms with E-state index < -0.39 is 0 Å². The molecule has 0 aliphatic carbocycles. The van der Waals surface area contributed by atoms with Crippen LogP contribution in [-0.2, 0) is 10.2 Å². The van der Waals surface area contributed by atoms with Crippen molar-refractivity contribution < 1.29 is 4.79 Å². The van der Waals surface area contributed by atoms with Gasteiger partial charge in [-0.05, 0) is 23.9 Å². The van der Waals surface area contributed by atoms with Crippen LogP contribution in [0.25, 0.3) is 11.4 Å². The lowest BCUT2D eigenvalue weighted by atomic mass is 9.87. The molecule has 3 rings (SSSR count). The van der Waals surface area contributed by atoms with Gasteiger partial charge in [0.05, 0.1) is 5.92 Å². The first kappa shape index (κ1) is 15.7. The molecule has 3 N–H and O–H groups in total. The largest absolute Gasteiger partial charge is 0.316 e.